The van der Waals surface area contributed by atoms with Gasteiger partial charge < -0.3 is 5.11 Å². The number of carboxylic acids is 1. The van der Waals surface area contributed by atoms with Crippen LogP contribution in [0, 0.1) is 11.3 Å². The molecule has 0 radical (unpaired) electrons. The second-order valence-corrected chi connectivity index (χ2v) is 3.95. The molecule has 2 aromatic carbocycles. The standard InChI is InChI=1S/C15H11NO2/c16-10-12-6-7-14(15(17)18)13(9-12)8-11-4-2-1-3-5-11/h1-7,9H,8H2,(H,17,18). The Morgan fingerprint density at radius 1 is 1.17 bits per heavy atom. The van der Waals surface area contributed by atoms with Crippen molar-refractivity contribution in [2.24, 2.45) is 0 Å². The maximum atomic E-state index is 11.1. The van der Waals surface area contributed by atoms with Crippen molar-refractivity contribution in [2.75, 3.05) is 0 Å². The van der Waals surface area contributed by atoms with E-state index in [1.54, 1.807) is 6.07 Å². The first-order valence-corrected chi connectivity index (χ1v) is 5.51. The molecule has 2 rings (SSSR count). The van der Waals surface area contributed by atoms with E-state index in [-0.39, 0.29) is 5.56 Å². The van der Waals surface area contributed by atoms with Crippen LogP contribution in [-0.4, -0.2) is 11.1 Å². The molecule has 0 aromatic heterocycles. The normalized spacial score (nSPS) is 9.72. The summed E-state index contributed by atoms with van der Waals surface area (Å²) in [6, 6.07) is 16.3. The average molecular weight is 237 g/mol. The van der Waals surface area contributed by atoms with Gasteiger partial charge in [0, 0.05) is 0 Å². The Morgan fingerprint density at radius 2 is 1.89 bits per heavy atom. The summed E-state index contributed by atoms with van der Waals surface area (Å²) in [5.74, 6) is -0.967. The van der Waals surface area contributed by atoms with Gasteiger partial charge in [-0.15, -0.1) is 0 Å². The highest BCUT2D eigenvalue weighted by Gasteiger charge is 2.11. The van der Waals surface area contributed by atoms with E-state index in [2.05, 4.69) is 0 Å². The van der Waals surface area contributed by atoms with Crippen LogP contribution in [0.15, 0.2) is 48.5 Å². The topological polar surface area (TPSA) is 61.1 Å². The largest absolute Gasteiger partial charge is 0.478 e. The molecule has 2 aromatic rings. The number of nitriles is 1. The van der Waals surface area contributed by atoms with Gasteiger partial charge in [-0.1, -0.05) is 30.3 Å². The predicted octanol–water partition coefficient (Wildman–Crippen LogP) is 2.85. The van der Waals surface area contributed by atoms with E-state index in [4.69, 9.17) is 10.4 Å². The number of carboxylic acid groups (broad SMARTS) is 1. The molecular weight excluding hydrogens is 226 g/mol. The molecule has 0 atom stereocenters. The number of hydrogen-bond acceptors (Lipinski definition) is 2. The van der Waals surface area contributed by atoms with Crippen LogP contribution in [0.1, 0.15) is 27.0 Å². The van der Waals surface area contributed by atoms with Gasteiger partial charge in [-0.25, -0.2) is 4.79 Å². The van der Waals surface area contributed by atoms with Crippen LogP contribution in [-0.2, 0) is 6.42 Å². The fraction of sp³-hybridized carbons (Fsp3) is 0.0667. The van der Waals surface area contributed by atoms with Crippen LogP contribution in [0.4, 0.5) is 0 Å². The third-order valence-corrected chi connectivity index (χ3v) is 2.70. The van der Waals surface area contributed by atoms with Gasteiger partial charge in [0.1, 0.15) is 0 Å². The SMILES string of the molecule is N#Cc1ccc(C(=O)O)c(Cc2ccccc2)c1. The summed E-state index contributed by atoms with van der Waals surface area (Å²) in [6.45, 7) is 0. The first kappa shape index (κ1) is 11.9. The number of carbonyl (C=O) groups is 1. The van der Waals surface area contributed by atoms with Crippen LogP contribution in [0.5, 0.6) is 0 Å². The summed E-state index contributed by atoms with van der Waals surface area (Å²) in [5.41, 5.74) is 2.41. The molecule has 88 valence electrons. The molecule has 0 saturated carbocycles. The lowest BCUT2D eigenvalue weighted by Gasteiger charge is -2.06. The Labute approximate surface area is 105 Å². The minimum Gasteiger partial charge on any atom is -0.478 e. The minimum atomic E-state index is -0.967. The molecule has 0 amide bonds. The van der Waals surface area contributed by atoms with Gasteiger partial charge in [-0.05, 0) is 35.7 Å². The van der Waals surface area contributed by atoms with Crippen molar-refractivity contribution in [1.29, 1.82) is 5.26 Å². The van der Waals surface area contributed by atoms with Crippen molar-refractivity contribution in [3.63, 3.8) is 0 Å². The Hall–Kier alpha value is -2.60. The summed E-state index contributed by atoms with van der Waals surface area (Å²) < 4.78 is 0. The van der Waals surface area contributed by atoms with Crippen LogP contribution in [0.25, 0.3) is 0 Å². The van der Waals surface area contributed by atoms with Crippen LogP contribution in [0.2, 0.25) is 0 Å². The molecule has 3 nitrogen and oxygen atoms in total. The first-order valence-electron chi connectivity index (χ1n) is 5.51. The summed E-state index contributed by atoms with van der Waals surface area (Å²) in [6.07, 6.45) is 0.512. The van der Waals surface area contributed by atoms with Crippen LogP contribution >= 0.6 is 0 Å². The molecule has 0 spiro atoms. The Bertz CT molecular complexity index is 612. The minimum absolute atomic E-state index is 0.248. The van der Waals surface area contributed by atoms with Crippen molar-refractivity contribution in [3.05, 3.63) is 70.8 Å². The zero-order chi connectivity index (χ0) is 13.0. The molecule has 1 N–H and O–H groups in total. The van der Waals surface area contributed by atoms with E-state index in [1.165, 1.54) is 12.1 Å². The molecule has 0 heterocycles. The van der Waals surface area contributed by atoms with Gasteiger partial charge in [-0.2, -0.15) is 5.26 Å². The highest BCUT2D eigenvalue weighted by molar-refractivity contribution is 5.89. The molecule has 3 heteroatoms. The monoisotopic (exact) mass is 237 g/mol. The molecule has 0 bridgehead atoms. The zero-order valence-corrected chi connectivity index (χ0v) is 9.63. The van der Waals surface area contributed by atoms with Gasteiger partial charge in [0.2, 0.25) is 0 Å². The smallest absolute Gasteiger partial charge is 0.335 e. The highest BCUT2D eigenvalue weighted by Crippen LogP contribution is 2.16. The van der Waals surface area contributed by atoms with E-state index in [0.29, 0.717) is 17.5 Å². The third kappa shape index (κ3) is 2.55. The van der Waals surface area contributed by atoms with Gasteiger partial charge >= 0.3 is 5.97 Å². The van der Waals surface area contributed by atoms with Crippen molar-refractivity contribution < 1.29 is 9.90 Å². The second kappa shape index (κ2) is 5.15. The molecular formula is C15H11NO2. The number of benzene rings is 2. The summed E-state index contributed by atoms with van der Waals surface area (Å²) >= 11 is 0. The molecule has 0 aliphatic rings. The van der Waals surface area contributed by atoms with E-state index in [0.717, 1.165) is 5.56 Å². The maximum absolute atomic E-state index is 11.1. The molecule has 18 heavy (non-hydrogen) atoms. The van der Waals surface area contributed by atoms with Gasteiger partial charge in [0.05, 0.1) is 17.2 Å². The Balaban J connectivity index is 2.42. The van der Waals surface area contributed by atoms with E-state index < -0.39 is 5.97 Å². The quantitative estimate of drug-likeness (QED) is 0.892. The lowest BCUT2D eigenvalue weighted by atomic mass is 9.98. The summed E-state index contributed by atoms with van der Waals surface area (Å²) in [4.78, 5) is 11.1. The first-order chi connectivity index (χ1) is 8.70. The molecule has 0 fully saturated rings. The van der Waals surface area contributed by atoms with Gasteiger partial charge in [0.25, 0.3) is 0 Å². The number of nitrogens with zero attached hydrogens (tertiary/aromatic N) is 1. The van der Waals surface area contributed by atoms with E-state index >= 15 is 0 Å². The van der Waals surface area contributed by atoms with Crippen molar-refractivity contribution in [1.82, 2.24) is 0 Å². The summed E-state index contributed by atoms with van der Waals surface area (Å²) in [5, 5.41) is 18.0. The fourth-order valence-electron chi connectivity index (χ4n) is 1.83. The van der Waals surface area contributed by atoms with Gasteiger partial charge in [0.15, 0.2) is 0 Å². The van der Waals surface area contributed by atoms with E-state index in [9.17, 15) is 4.79 Å². The number of hydrogen-bond donors (Lipinski definition) is 1. The lowest BCUT2D eigenvalue weighted by Crippen LogP contribution is -2.03. The number of aromatic carboxylic acids is 1. The second-order valence-electron chi connectivity index (χ2n) is 3.95. The average Bonchev–Trinajstić information content (AvgIpc) is 2.39. The Kier molecular flexibility index (Phi) is 3.40. The molecule has 0 saturated heterocycles. The van der Waals surface area contributed by atoms with Crippen LogP contribution < -0.4 is 0 Å². The lowest BCUT2D eigenvalue weighted by molar-refractivity contribution is 0.0696. The van der Waals surface area contributed by atoms with E-state index in [1.807, 2.05) is 36.4 Å². The third-order valence-electron chi connectivity index (χ3n) is 2.70. The van der Waals surface area contributed by atoms with Crippen molar-refractivity contribution in [3.8, 4) is 6.07 Å². The maximum Gasteiger partial charge on any atom is 0.335 e. The zero-order valence-electron chi connectivity index (χ0n) is 9.63. The fourth-order valence-corrected chi connectivity index (χ4v) is 1.83. The van der Waals surface area contributed by atoms with Crippen LogP contribution in [0.3, 0.4) is 0 Å². The number of rotatable bonds is 3. The van der Waals surface area contributed by atoms with Crippen molar-refractivity contribution >= 4 is 5.97 Å². The summed E-state index contributed by atoms with van der Waals surface area (Å²) in [7, 11) is 0. The predicted molar refractivity (Wildman–Crippen MR) is 67.4 cm³/mol. The molecule has 0 aliphatic carbocycles. The highest BCUT2D eigenvalue weighted by atomic mass is 16.4. The van der Waals surface area contributed by atoms with Gasteiger partial charge in [-0.3, -0.25) is 0 Å². The molecule has 0 unspecified atom stereocenters. The van der Waals surface area contributed by atoms with Crippen molar-refractivity contribution in [2.45, 2.75) is 6.42 Å². The molecule has 0 aliphatic heterocycles. The Morgan fingerprint density at radius 3 is 2.50 bits per heavy atom.